The highest BCUT2D eigenvalue weighted by Gasteiger charge is 2.82. The van der Waals surface area contributed by atoms with Crippen LogP contribution in [-0.2, 0) is 11.2 Å². The van der Waals surface area contributed by atoms with Crippen molar-refractivity contribution in [3.63, 3.8) is 0 Å². The van der Waals surface area contributed by atoms with Crippen LogP contribution in [0.1, 0.15) is 112 Å². The van der Waals surface area contributed by atoms with Crippen LogP contribution in [0, 0.1) is 34.4 Å². The summed E-state index contributed by atoms with van der Waals surface area (Å²) in [6, 6.07) is 8.45. The monoisotopic (exact) mass is 851 g/mol. The second-order valence-corrected chi connectivity index (χ2v) is 20.2. The van der Waals surface area contributed by atoms with Gasteiger partial charge in [-0.3, -0.25) is 4.99 Å². The Morgan fingerprint density at radius 1 is 1.08 bits per heavy atom. The van der Waals surface area contributed by atoms with E-state index in [0.29, 0.717) is 69.3 Å². The number of ether oxygens (including phenoxy) is 1. The van der Waals surface area contributed by atoms with Crippen LogP contribution in [0.2, 0.25) is 0 Å². The topological polar surface area (TPSA) is 184 Å². The molecule has 324 valence electrons. The molecule has 4 saturated carbocycles. The lowest BCUT2D eigenvalue weighted by Crippen LogP contribution is -2.71. The van der Waals surface area contributed by atoms with Gasteiger partial charge in [-0.25, -0.2) is 19.2 Å². The fourth-order valence-corrected chi connectivity index (χ4v) is 13.6. The molecule has 4 aromatic rings. The number of nitrogens with two attached hydrogens (primary N) is 1. The number of aromatic carboxylic acids is 1. The number of nitrogens with one attached hydrogen (secondary N) is 2. The minimum absolute atomic E-state index is 0.0435. The van der Waals surface area contributed by atoms with Gasteiger partial charge in [-0.1, -0.05) is 31.3 Å². The summed E-state index contributed by atoms with van der Waals surface area (Å²) in [5.74, 6) is 0.147. The molecular weight excluding hydrogens is 794 g/mol. The molecule has 1 spiro atoms. The number of aromatic nitrogens is 4. The SMILES string of the molecule is CC(=NCC12CCC3(C)CC4(OCCNCCCCO)CC(C)(C1)CC34C2)C(=CN)c1ccc(N2CCCc3c2nnc(Nc2nc4cccc(F)c4s2)c3C)nc1C(=O)O. The number of anilines is 4. The van der Waals surface area contributed by atoms with Gasteiger partial charge in [-0.15, -0.1) is 10.2 Å². The number of aliphatic imine (C=N–C) groups is 1. The molecule has 1 aromatic carbocycles. The van der Waals surface area contributed by atoms with Gasteiger partial charge in [0, 0.05) is 65.8 Å². The fraction of sp³-hybridized carbons (Fsp3) is 0.565. The van der Waals surface area contributed by atoms with Gasteiger partial charge in [0.05, 0.1) is 22.4 Å². The maximum atomic E-state index is 14.4. The van der Waals surface area contributed by atoms with E-state index < -0.39 is 5.97 Å². The smallest absolute Gasteiger partial charge is 0.355 e. The number of rotatable bonds is 16. The van der Waals surface area contributed by atoms with Crippen molar-refractivity contribution in [1.82, 2.24) is 25.5 Å². The number of fused-ring (bicyclic) bond motifs is 4. The van der Waals surface area contributed by atoms with Crippen molar-refractivity contribution in [1.29, 1.82) is 0 Å². The average Bonchev–Trinajstić information content (AvgIpc) is 3.73. The molecule has 0 radical (unpaired) electrons. The number of carbonyl (C=O) groups is 1. The second-order valence-electron chi connectivity index (χ2n) is 19.2. The Kier molecular flexibility index (Phi) is 10.7. The zero-order chi connectivity index (χ0) is 42.8. The number of hydrogen-bond acceptors (Lipinski definition) is 13. The van der Waals surface area contributed by atoms with Crippen LogP contribution in [0.5, 0.6) is 0 Å². The van der Waals surface area contributed by atoms with E-state index in [1.807, 2.05) is 24.8 Å². The fourth-order valence-electron chi connectivity index (χ4n) is 12.7. The molecular formula is C46H58FN9O4S. The van der Waals surface area contributed by atoms with Gasteiger partial charge >= 0.3 is 5.97 Å². The number of halogens is 1. The van der Waals surface area contributed by atoms with E-state index in [0.717, 1.165) is 82.0 Å². The summed E-state index contributed by atoms with van der Waals surface area (Å²) in [5, 5.41) is 36.0. The second kappa shape index (κ2) is 15.7. The Balaban J connectivity index is 0.928. The van der Waals surface area contributed by atoms with Gasteiger partial charge in [-0.2, -0.15) is 0 Å². The van der Waals surface area contributed by atoms with E-state index in [1.165, 1.54) is 36.4 Å². The molecule has 4 fully saturated rings. The van der Waals surface area contributed by atoms with E-state index in [-0.39, 0.29) is 45.4 Å². The lowest BCUT2D eigenvalue weighted by atomic mass is 9.34. The Morgan fingerprint density at radius 3 is 2.72 bits per heavy atom. The van der Waals surface area contributed by atoms with Gasteiger partial charge in [0.15, 0.2) is 22.5 Å². The van der Waals surface area contributed by atoms with Crippen LogP contribution in [0.25, 0.3) is 15.8 Å². The third-order valence-electron chi connectivity index (χ3n) is 15.1. The Hall–Kier alpha value is -4.57. The van der Waals surface area contributed by atoms with E-state index >= 15 is 0 Å². The first-order valence-corrected chi connectivity index (χ1v) is 22.7. The minimum Gasteiger partial charge on any atom is -0.476 e. The molecule has 5 unspecified atom stereocenters. The van der Waals surface area contributed by atoms with Gasteiger partial charge in [0.25, 0.3) is 0 Å². The zero-order valence-corrected chi connectivity index (χ0v) is 36.6. The van der Waals surface area contributed by atoms with Crippen LogP contribution in [0.3, 0.4) is 0 Å². The van der Waals surface area contributed by atoms with E-state index in [4.69, 9.17) is 25.6 Å². The van der Waals surface area contributed by atoms with E-state index in [1.54, 1.807) is 18.2 Å². The molecule has 6 N–H and O–H groups in total. The number of benzene rings is 1. The quantitative estimate of drug-likeness (QED) is 0.0540. The third-order valence-corrected chi connectivity index (χ3v) is 16.1. The van der Waals surface area contributed by atoms with E-state index in [2.05, 4.69) is 39.7 Å². The Bertz CT molecular complexity index is 2440. The number of thiazole rings is 1. The molecule has 1 aliphatic heterocycles. The summed E-state index contributed by atoms with van der Waals surface area (Å²) in [6.45, 7) is 12.8. The summed E-state index contributed by atoms with van der Waals surface area (Å²) < 4.78 is 21.8. The van der Waals surface area contributed by atoms with Gasteiger partial charge < -0.3 is 36.2 Å². The lowest BCUT2D eigenvalue weighted by Gasteiger charge is -2.73. The number of carboxylic acid groups (broad SMARTS) is 1. The molecule has 4 heterocycles. The zero-order valence-electron chi connectivity index (χ0n) is 35.7. The number of nitrogens with zero attached hydrogens (tertiary/aromatic N) is 6. The number of allylic oxidation sites excluding steroid dienone is 1. The van der Waals surface area contributed by atoms with Crippen molar-refractivity contribution >= 4 is 61.4 Å². The molecule has 5 aliphatic rings. The molecule has 4 aliphatic carbocycles. The molecule has 3 aromatic heterocycles. The molecule has 13 nitrogen and oxygen atoms in total. The van der Waals surface area contributed by atoms with E-state index in [9.17, 15) is 14.3 Å². The molecule has 0 saturated heterocycles. The lowest BCUT2D eigenvalue weighted by molar-refractivity contribution is -0.299. The van der Waals surface area contributed by atoms with Crippen LogP contribution in [0.15, 0.2) is 41.5 Å². The van der Waals surface area contributed by atoms with Crippen LogP contribution >= 0.6 is 11.3 Å². The highest BCUT2D eigenvalue weighted by Crippen LogP contribution is 2.85. The number of pyridine rings is 1. The largest absolute Gasteiger partial charge is 0.476 e. The summed E-state index contributed by atoms with van der Waals surface area (Å²) in [5.41, 5.74) is 10.9. The summed E-state index contributed by atoms with van der Waals surface area (Å²) in [4.78, 5) is 29.4. The number of unbranched alkanes of at least 4 members (excludes halogenated alkanes) is 1. The Morgan fingerprint density at radius 2 is 1.93 bits per heavy atom. The van der Waals surface area contributed by atoms with Crippen molar-refractivity contribution in [2.24, 2.45) is 32.4 Å². The number of carboxylic acids is 1. The minimum atomic E-state index is -1.15. The van der Waals surface area contributed by atoms with Crippen molar-refractivity contribution in [3.05, 3.63) is 64.7 Å². The standard InChI is InChI=1S/C46H58FN9O4S/c1-28-30-9-8-18-56(39(30)55-54-38(28)53-41-51-34-11-7-10-33(47)37(34)61-41)35-13-12-31(36(52-35)40(58)59)32(21-48)29(2)50-27-44-15-14-43(4)25-46(60-20-17-49-16-5-6-19-57)24-42(3,22-44)23-45(43,46)26-44/h7,10-13,21,49,57H,5-6,8-9,14-20,22-27,48H2,1-4H3,(H,58,59)(H,51,53,54). The van der Waals surface area contributed by atoms with Crippen LogP contribution < -0.4 is 21.3 Å². The van der Waals surface area contributed by atoms with Gasteiger partial charge in [0.1, 0.15) is 11.6 Å². The number of aliphatic hydroxyl groups is 1. The highest BCUT2D eigenvalue weighted by molar-refractivity contribution is 7.22. The van der Waals surface area contributed by atoms with Crippen molar-refractivity contribution in [3.8, 4) is 0 Å². The number of aliphatic hydroxyl groups excluding tert-OH is 1. The molecule has 9 rings (SSSR count). The number of hydrogen-bond donors (Lipinski definition) is 5. The molecule has 5 atom stereocenters. The predicted octanol–water partition coefficient (Wildman–Crippen LogP) is 8.10. The van der Waals surface area contributed by atoms with Crippen molar-refractivity contribution in [2.75, 3.05) is 49.6 Å². The molecule has 15 heteroatoms. The van der Waals surface area contributed by atoms with Crippen molar-refractivity contribution < 1.29 is 24.1 Å². The predicted molar refractivity (Wildman–Crippen MR) is 238 cm³/mol. The van der Waals surface area contributed by atoms with Crippen LogP contribution in [0.4, 0.5) is 27.0 Å². The van der Waals surface area contributed by atoms with Crippen molar-refractivity contribution in [2.45, 2.75) is 104 Å². The maximum Gasteiger partial charge on any atom is 0.355 e. The first-order valence-electron chi connectivity index (χ1n) is 21.9. The normalized spacial score (nSPS) is 29.1. The summed E-state index contributed by atoms with van der Waals surface area (Å²) in [7, 11) is 0. The summed E-state index contributed by atoms with van der Waals surface area (Å²) >= 11 is 1.22. The van der Waals surface area contributed by atoms with Crippen LogP contribution in [-0.4, -0.2) is 87.1 Å². The molecule has 61 heavy (non-hydrogen) atoms. The molecule has 0 amide bonds. The molecule has 3 bridgehead atoms. The first-order chi connectivity index (χ1) is 29.3. The summed E-state index contributed by atoms with van der Waals surface area (Å²) in [6.07, 6.45) is 12.7. The van der Waals surface area contributed by atoms with Gasteiger partial charge in [0.2, 0.25) is 0 Å². The maximum absolute atomic E-state index is 14.4. The highest BCUT2D eigenvalue weighted by atomic mass is 32.1. The third kappa shape index (κ3) is 6.99. The van der Waals surface area contributed by atoms with Gasteiger partial charge in [-0.05, 0) is 132 Å². The Labute approximate surface area is 360 Å². The average molecular weight is 852 g/mol. The first kappa shape index (κ1) is 41.8.